The highest BCUT2D eigenvalue weighted by Gasteiger charge is 2.33. The zero-order valence-electron chi connectivity index (χ0n) is 23.4. The van der Waals surface area contributed by atoms with Crippen molar-refractivity contribution in [1.29, 1.82) is 0 Å². The van der Waals surface area contributed by atoms with Crippen molar-refractivity contribution in [2.45, 2.75) is 71.6 Å². The molecule has 2 N–H and O–H groups in total. The molecule has 1 saturated carbocycles. The number of nitrogens with zero attached hydrogens (tertiary/aromatic N) is 5. The molecule has 2 aromatic heterocycles. The molecule has 3 aliphatic rings. The molecule has 2 atom stereocenters. The number of aromatic nitrogens is 4. The van der Waals surface area contributed by atoms with E-state index in [1.807, 2.05) is 24.3 Å². The number of carbonyl (C=O) groups is 1. The number of morpholine rings is 1. The first-order valence-electron chi connectivity index (χ1n) is 14.5. The summed E-state index contributed by atoms with van der Waals surface area (Å²) in [5.41, 5.74) is 5.78. The molecule has 4 heterocycles. The Hall–Kier alpha value is -2.95. The predicted octanol–water partition coefficient (Wildman–Crippen LogP) is 5.47. The van der Waals surface area contributed by atoms with E-state index in [-0.39, 0.29) is 6.04 Å². The Morgan fingerprint density at radius 1 is 1.15 bits per heavy atom. The van der Waals surface area contributed by atoms with Crippen molar-refractivity contribution in [2.75, 3.05) is 24.7 Å². The minimum atomic E-state index is -0.680. The number of hydrogen-bond donors (Lipinski definition) is 2. The van der Waals surface area contributed by atoms with Crippen LogP contribution < -0.4 is 15.7 Å². The molecule has 1 aliphatic carbocycles. The second kappa shape index (κ2) is 11.5. The van der Waals surface area contributed by atoms with Crippen molar-refractivity contribution in [1.82, 2.24) is 30.3 Å². The SMILES string of the molecule is CC(C)C[C@@H]1COCCN1c1nc2nc(C3NOC(=O)N3)nc(-c3cccc(Cl)c3)c2n1CC1CCC(C)CC1. The molecule has 1 unspecified atom stereocenters. The molecule has 11 heteroatoms. The Balaban J connectivity index is 1.53. The molecular weight excluding hydrogens is 530 g/mol. The minimum Gasteiger partial charge on any atom is -0.377 e. The lowest BCUT2D eigenvalue weighted by Crippen LogP contribution is -2.47. The number of benzene rings is 1. The van der Waals surface area contributed by atoms with Gasteiger partial charge in [0.25, 0.3) is 0 Å². The molecule has 1 amide bonds. The van der Waals surface area contributed by atoms with E-state index in [1.54, 1.807) is 0 Å². The van der Waals surface area contributed by atoms with Crippen LogP contribution in [0.4, 0.5) is 10.7 Å². The Labute approximate surface area is 239 Å². The third kappa shape index (κ3) is 5.62. The average Bonchev–Trinajstić information content (AvgIpc) is 3.53. The van der Waals surface area contributed by atoms with Crippen LogP contribution in [0.5, 0.6) is 0 Å². The van der Waals surface area contributed by atoms with Gasteiger partial charge in [-0.25, -0.2) is 14.8 Å². The van der Waals surface area contributed by atoms with Crippen LogP contribution in [0.15, 0.2) is 24.3 Å². The fraction of sp³-hybridized carbons (Fsp3) is 0.586. The summed E-state index contributed by atoms with van der Waals surface area (Å²) in [5, 5.41) is 3.35. The van der Waals surface area contributed by atoms with Crippen molar-refractivity contribution in [3.63, 3.8) is 0 Å². The van der Waals surface area contributed by atoms with Crippen LogP contribution in [-0.4, -0.2) is 51.4 Å². The van der Waals surface area contributed by atoms with Crippen LogP contribution in [0, 0.1) is 17.8 Å². The molecule has 0 radical (unpaired) electrons. The summed E-state index contributed by atoms with van der Waals surface area (Å²) < 4.78 is 8.28. The summed E-state index contributed by atoms with van der Waals surface area (Å²) >= 11 is 6.46. The summed E-state index contributed by atoms with van der Waals surface area (Å²) in [6.45, 7) is 9.80. The van der Waals surface area contributed by atoms with Gasteiger partial charge in [0.1, 0.15) is 11.2 Å². The van der Waals surface area contributed by atoms with Crippen molar-refractivity contribution in [2.24, 2.45) is 17.8 Å². The normalized spacial score (nSPS) is 25.4. The van der Waals surface area contributed by atoms with Crippen LogP contribution in [0.1, 0.15) is 64.9 Å². The molecule has 3 fully saturated rings. The van der Waals surface area contributed by atoms with Crippen LogP contribution in [0.25, 0.3) is 22.4 Å². The van der Waals surface area contributed by atoms with E-state index in [0.29, 0.717) is 41.5 Å². The topological polar surface area (TPSA) is 106 Å². The molecule has 0 bridgehead atoms. The van der Waals surface area contributed by atoms with Gasteiger partial charge in [-0.2, -0.15) is 4.98 Å². The fourth-order valence-corrected chi connectivity index (χ4v) is 6.42. The van der Waals surface area contributed by atoms with Gasteiger partial charge in [0.15, 0.2) is 17.6 Å². The van der Waals surface area contributed by atoms with Gasteiger partial charge in [0.2, 0.25) is 5.95 Å². The maximum atomic E-state index is 11.8. The Morgan fingerprint density at radius 2 is 1.98 bits per heavy atom. The van der Waals surface area contributed by atoms with Crippen LogP contribution in [0.3, 0.4) is 0 Å². The van der Waals surface area contributed by atoms with Crippen LogP contribution in [0.2, 0.25) is 5.02 Å². The minimum absolute atomic E-state index is 0.224. The lowest BCUT2D eigenvalue weighted by Gasteiger charge is -2.38. The number of nitrogens with one attached hydrogen (secondary N) is 2. The quantitative estimate of drug-likeness (QED) is 0.387. The fourth-order valence-electron chi connectivity index (χ4n) is 6.23. The van der Waals surface area contributed by atoms with E-state index in [1.165, 1.54) is 25.7 Å². The number of hydrogen-bond acceptors (Lipinski definition) is 8. The zero-order chi connectivity index (χ0) is 27.8. The number of ether oxygens (including phenoxy) is 1. The molecular formula is C29H38ClN7O3. The lowest BCUT2D eigenvalue weighted by molar-refractivity contribution is 0.0863. The first-order chi connectivity index (χ1) is 19.4. The third-order valence-corrected chi connectivity index (χ3v) is 8.53. The van der Waals surface area contributed by atoms with E-state index in [0.717, 1.165) is 48.2 Å². The number of amides is 1. The molecule has 10 nitrogen and oxygen atoms in total. The van der Waals surface area contributed by atoms with E-state index < -0.39 is 12.3 Å². The van der Waals surface area contributed by atoms with Gasteiger partial charge in [-0.15, -0.1) is 5.48 Å². The molecule has 2 saturated heterocycles. The van der Waals surface area contributed by atoms with Crippen molar-refractivity contribution < 1.29 is 14.4 Å². The Kier molecular flexibility index (Phi) is 7.83. The molecule has 6 rings (SSSR count). The standard InChI is InChI=1S/C29H38ClN7O3/c1-17(2)13-22-16-39-12-11-36(22)28-33-25-24(37(28)15-19-9-7-18(3)8-10-19)23(20-5-4-6-21(30)14-20)31-26(32-25)27-34-29(38)40-35-27/h4-6,14,17-19,22,27,35H,7-13,15-16H2,1-3H3,(H,34,38)/t18?,19?,22-,27?/m1/s1. The second-order valence-corrected chi connectivity index (χ2v) is 12.3. The number of carbonyl (C=O) groups excluding carboxylic acids is 1. The number of halogens is 1. The van der Waals surface area contributed by atoms with Gasteiger partial charge in [0, 0.05) is 23.7 Å². The summed E-state index contributed by atoms with van der Waals surface area (Å²) in [5.74, 6) is 3.15. The van der Waals surface area contributed by atoms with Crippen molar-refractivity contribution >= 4 is 34.8 Å². The summed E-state index contributed by atoms with van der Waals surface area (Å²) in [4.78, 5) is 34.2. The number of fused-ring (bicyclic) bond motifs is 1. The van der Waals surface area contributed by atoms with Gasteiger partial charge in [-0.3, -0.25) is 5.32 Å². The summed E-state index contributed by atoms with van der Waals surface area (Å²) in [6, 6.07) is 7.92. The number of hydroxylamine groups is 1. The van der Waals surface area contributed by atoms with Gasteiger partial charge in [-0.05, 0) is 49.1 Å². The largest absolute Gasteiger partial charge is 0.427 e. The van der Waals surface area contributed by atoms with Crippen LogP contribution in [-0.2, 0) is 16.1 Å². The molecule has 2 aliphatic heterocycles. The predicted molar refractivity (Wildman–Crippen MR) is 154 cm³/mol. The van der Waals surface area contributed by atoms with Gasteiger partial charge in [-0.1, -0.05) is 57.3 Å². The first kappa shape index (κ1) is 27.2. The molecule has 1 aromatic carbocycles. The third-order valence-electron chi connectivity index (χ3n) is 8.29. The lowest BCUT2D eigenvalue weighted by atomic mass is 9.83. The van der Waals surface area contributed by atoms with E-state index in [9.17, 15) is 4.79 Å². The van der Waals surface area contributed by atoms with Crippen molar-refractivity contribution in [3.8, 4) is 11.3 Å². The zero-order valence-corrected chi connectivity index (χ0v) is 24.2. The van der Waals surface area contributed by atoms with Gasteiger partial charge in [0.05, 0.1) is 19.3 Å². The van der Waals surface area contributed by atoms with E-state index in [4.69, 9.17) is 36.1 Å². The van der Waals surface area contributed by atoms with E-state index >= 15 is 0 Å². The summed E-state index contributed by atoms with van der Waals surface area (Å²) in [7, 11) is 0. The molecule has 3 aromatic rings. The molecule has 214 valence electrons. The Morgan fingerprint density at radius 3 is 2.70 bits per heavy atom. The van der Waals surface area contributed by atoms with Gasteiger partial charge >= 0.3 is 6.09 Å². The number of rotatable bonds is 7. The van der Waals surface area contributed by atoms with Crippen LogP contribution >= 0.6 is 11.6 Å². The number of anilines is 1. The monoisotopic (exact) mass is 567 g/mol. The number of imidazole rings is 1. The highest BCUT2D eigenvalue weighted by Crippen LogP contribution is 2.37. The average molecular weight is 568 g/mol. The van der Waals surface area contributed by atoms with E-state index in [2.05, 4.69) is 41.0 Å². The first-order valence-corrected chi connectivity index (χ1v) is 14.8. The second-order valence-electron chi connectivity index (χ2n) is 11.9. The maximum Gasteiger partial charge on any atom is 0.427 e. The highest BCUT2D eigenvalue weighted by atomic mass is 35.5. The highest BCUT2D eigenvalue weighted by molar-refractivity contribution is 6.30. The Bertz CT molecular complexity index is 1370. The maximum absolute atomic E-state index is 11.8. The molecule has 40 heavy (non-hydrogen) atoms. The summed E-state index contributed by atoms with van der Waals surface area (Å²) in [6.07, 6.45) is 4.64. The van der Waals surface area contributed by atoms with Crippen molar-refractivity contribution in [3.05, 3.63) is 35.1 Å². The smallest absolute Gasteiger partial charge is 0.377 e. The van der Waals surface area contributed by atoms with Gasteiger partial charge < -0.3 is 19.0 Å². The molecule has 0 spiro atoms.